The van der Waals surface area contributed by atoms with Gasteiger partial charge in [0, 0.05) is 17.3 Å². The Morgan fingerprint density at radius 2 is 1.50 bits per heavy atom. The van der Waals surface area contributed by atoms with Crippen molar-refractivity contribution in [1.82, 2.24) is 0 Å². The molecule has 0 aliphatic rings. The molecule has 0 radical (unpaired) electrons. The zero-order chi connectivity index (χ0) is 23.5. The van der Waals surface area contributed by atoms with Gasteiger partial charge < -0.3 is 5.32 Å². The smallest absolute Gasteiger partial charge is 0.355 e. The number of nitrogens with one attached hydrogen (secondary N) is 1. The summed E-state index contributed by atoms with van der Waals surface area (Å²) in [6, 6.07) is 16.3. The van der Waals surface area contributed by atoms with Crippen LogP contribution in [0.2, 0.25) is 0 Å². The second-order valence-electron chi connectivity index (χ2n) is 8.34. The maximum Gasteiger partial charge on any atom is 0.416 e. The summed E-state index contributed by atoms with van der Waals surface area (Å²) >= 11 is 0. The molecule has 0 spiro atoms. The van der Waals surface area contributed by atoms with E-state index in [2.05, 4.69) is 5.32 Å². The minimum Gasteiger partial charge on any atom is -0.355 e. The number of benzene rings is 3. The number of ketones is 1. The molecule has 1 N–H and O–H groups in total. The van der Waals surface area contributed by atoms with Crippen molar-refractivity contribution in [2.75, 3.05) is 5.32 Å². The predicted molar refractivity (Wildman–Crippen MR) is 119 cm³/mol. The fourth-order valence-corrected chi connectivity index (χ4v) is 3.65. The third kappa shape index (κ3) is 5.96. The van der Waals surface area contributed by atoms with Crippen LogP contribution in [0.3, 0.4) is 0 Å². The normalized spacial score (nSPS) is 12.6. The van der Waals surface area contributed by atoms with E-state index >= 15 is 0 Å². The summed E-state index contributed by atoms with van der Waals surface area (Å²) in [5.74, 6) is -0.385. The van der Waals surface area contributed by atoms with E-state index in [0.29, 0.717) is 28.9 Å². The van der Waals surface area contributed by atoms with E-state index in [1.807, 2.05) is 32.0 Å². The molecule has 3 rings (SSSR count). The van der Waals surface area contributed by atoms with E-state index in [1.54, 1.807) is 19.1 Å². The van der Waals surface area contributed by atoms with Crippen LogP contribution in [-0.4, -0.2) is 5.78 Å². The summed E-state index contributed by atoms with van der Waals surface area (Å²) < 4.78 is 52.2. The van der Waals surface area contributed by atoms with E-state index in [1.165, 1.54) is 24.3 Å². The van der Waals surface area contributed by atoms with Gasteiger partial charge in [-0.1, -0.05) is 32.0 Å². The highest BCUT2D eigenvalue weighted by molar-refractivity contribution is 5.85. The van der Waals surface area contributed by atoms with Crippen molar-refractivity contribution in [2.45, 2.75) is 39.3 Å². The Morgan fingerprint density at radius 1 is 0.875 bits per heavy atom. The summed E-state index contributed by atoms with van der Waals surface area (Å²) in [7, 11) is 0. The summed E-state index contributed by atoms with van der Waals surface area (Å²) in [5.41, 5.74) is 2.69. The first kappa shape index (κ1) is 23.5. The number of hydrogen-bond acceptors (Lipinski definition) is 2. The Morgan fingerprint density at radius 3 is 2.03 bits per heavy atom. The molecular weight excluding hydrogens is 418 g/mol. The minimum absolute atomic E-state index is 0.0241. The molecule has 1 unspecified atom stereocenters. The lowest BCUT2D eigenvalue weighted by atomic mass is 9.85. The van der Waals surface area contributed by atoms with E-state index in [4.69, 9.17) is 0 Å². The second-order valence-corrected chi connectivity index (χ2v) is 8.34. The van der Waals surface area contributed by atoms with Crippen molar-refractivity contribution in [3.8, 4) is 11.1 Å². The molecule has 0 amide bonds. The fourth-order valence-electron chi connectivity index (χ4n) is 3.65. The Kier molecular flexibility index (Phi) is 7.02. The van der Waals surface area contributed by atoms with Crippen LogP contribution in [0.15, 0.2) is 66.7 Å². The quantitative estimate of drug-likeness (QED) is 0.375. The highest BCUT2D eigenvalue weighted by Crippen LogP contribution is 2.35. The fraction of sp³-hybridized carbons (Fsp3) is 0.269. The Balaban J connectivity index is 2.06. The van der Waals surface area contributed by atoms with Gasteiger partial charge in [0.25, 0.3) is 0 Å². The van der Waals surface area contributed by atoms with Gasteiger partial charge >= 0.3 is 6.18 Å². The SMILES string of the molecule is CC(=O)C(CC(C)C)c1cc(Nc2ccc(F)cc2)cc(-c2ccc(C(F)(F)F)cc2)c1. The second kappa shape index (κ2) is 9.55. The molecule has 0 fully saturated rings. The molecule has 32 heavy (non-hydrogen) atoms. The summed E-state index contributed by atoms with van der Waals surface area (Å²) in [5, 5.41) is 3.21. The van der Waals surface area contributed by atoms with Gasteiger partial charge in [-0.3, -0.25) is 4.79 Å². The number of Topliss-reactive ketones (excluding diaryl/α,β-unsaturated/α-hetero) is 1. The highest BCUT2D eigenvalue weighted by atomic mass is 19.4. The van der Waals surface area contributed by atoms with Crippen molar-refractivity contribution in [3.05, 3.63) is 83.7 Å². The van der Waals surface area contributed by atoms with Crippen LogP contribution >= 0.6 is 0 Å². The standard InChI is InChI=1S/C26H25F4NO/c1-16(2)12-25(17(3)32)20-13-19(18-4-6-21(7-5-18)26(28,29)30)14-24(15-20)31-23-10-8-22(27)9-11-23/h4-11,13-16,25,31H,12H2,1-3H3. The van der Waals surface area contributed by atoms with Crippen molar-refractivity contribution in [3.63, 3.8) is 0 Å². The van der Waals surface area contributed by atoms with Crippen LogP contribution in [-0.2, 0) is 11.0 Å². The van der Waals surface area contributed by atoms with Crippen LogP contribution in [0.4, 0.5) is 28.9 Å². The number of carbonyl (C=O) groups excluding carboxylic acids is 1. The van der Waals surface area contributed by atoms with Crippen molar-refractivity contribution in [1.29, 1.82) is 0 Å². The molecule has 0 saturated heterocycles. The molecule has 0 aliphatic carbocycles. The summed E-state index contributed by atoms with van der Waals surface area (Å²) in [4.78, 5) is 12.4. The monoisotopic (exact) mass is 443 g/mol. The first-order chi connectivity index (χ1) is 15.0. The van der Waals surface area contributed by atoms with Gasteiger partial charge in [0.2, 0.25) is 0 Å². The van der Waals surface area contributed by atoms with E-state index in [-0.39, 0.29) is 23.4 Å². The lowest BCUT2D eigenvalue weighted by Gasteiger charge is -2.20. The van der Waals surface area contributed by atoms with Gasteiger partial charge in [-0.05, 0) is 84.5 Å². The first-order valence-electron chi connectivity index (χ1n) is 10.4. The zero-order valence-corrected chi connectivity index (χ0v) is 18.1. The summed E-state index contributed by atoms with van der Waals surface area (Å²) in [6.07, 6.45) is -3.76. The average molecular weight is 443 g/mol. The lowest BCUT2D eigenvalue weighted by Crippen LogP contribution is -2.12. The number of hydrogen-bond donors (Lipinski definition) is 1. The molecule has 1 atom stereocenters. The maximum absolute atomic E-state index is 13.3. The Hall–Kier alpha value is -3.15. The molecule has 0 aromatic heterocycles. The van der Waals surface area contributed by atoms with Crippen molar-refractivity contribution in [2.24, 2.45) is 5.92 Å². The van der Waals surface area contributed by atoms with Crippen LogP contribution in [0, 0.1) is 11.7 Å². The van der Waals surface area contributed by atoms with Gasteiger partial charge in [0.15, 0.2) is 0 Å². The van der Waals surface area contributed by atoms with Gasteiger partial charge in [0.1, 0.15) is 11.6 Å². The number of alkyl halides is 3. The van der Waals surface area contributed by atoms with Crippen molar-refractivity contribution >= 4 is 17.2 Å². The van der Waals surface area contributed by atoms with E-state index in [9.17, 15) is 22.4 Å². The Bertz CT molecular complexity index is 1070. The van der Waals surface area contributed by atoms with Gasteiger partial charge in [-0.2, -0.15) is 13.2 Å². The molecular formula is C26H25F4NO. The van der Waals surface area contributed by atoms with Crippen molar-refractivity contribution < 1.29 is 22.4 Å². The first-order valence-corrected chi connectivity index (χ1v) is 10.4. The average Bonchev–Trinajstić information content (AvgIpc) is 2.72. The largest absolute Gasteiger partial charge is 0.416 e. The van der Waals surface area contributed by atoms with Gasteiger partial charge in [-0.25, -0.2) is 4.39 Å². The van der Waals surface area contributed by atoms with E-state index in [0.717, 1.165) is 17.7 Å². The predicted octanol–water partition coefficient (Wildman–Crippen LogP) is 7.97. The number of halogens is 4. The third-order valence-electron chi connectivity index (χ3n) is 5.23. The number of rotatable bonds is 7. The van der Waals surface area contributed by atoms with E-state index < -0.39 is 11.7 Å². The molecule has 0 saturated carbocycles. The third-order valence-corrected chi connectivity index (χ3v) is 5.23. The molecule has 0 bridgehead atoms. The molecule has 6 heteroatoms. The van der Waals surface area contributed by atoms with Crippen LogP contribution in [0.5, 0.6) is 0 Å². The molecule has 3 aromatic rings. The van der Waals surface area contributed by atoms with Crippen LogP contribution < -0.4 is 5.32 Å². The van der Waals surface area contributed by atoms with Gasteiger partial charge in [0.05, 0.1) is 5.56 Å². The molecule has 0 aliphatic heterocycles. The molecule has 0 heterocycles. The highest BCUT2D eigenvalue weighted by Gasteiger charge is 2.30. The number of anilines is 2. The minimum atomic E-state index is -4.41. The van der Waals surface area contributed by atoms with Gasteiger partial charge in [-0.15, -0.1) is 0 Å². The van der Waals surface area contributed by atoms with Crippen LogP contribution in [0.1, 0.15) is 44.2 Å². The molecule has 3 aromatic carbocycles. The lowest BCUT2D eigenvalue weighted by molar-refractivity contribution is -0.137. The Labute approximate surface area is 185 Å². The van der Waals surface area contributed by atoms with Crippen LogP contribution in [0.25, 0.3) is 11.1 Å². The maximum atomic E-state index is 13.3. The zero-order valence-electron chi connectivity index (χ0n) is 18.1. The molecule has 2 nitrogen and oxygen atoms in total. The topological polar surface area (TPSA) is 29.1 Å². The molecule has 168 valence electrons. The summed E-state index contributed by atoms with van der Waals surface area (Å²) in [6.45, 7) is 5.62. The number of carbonyl (C=O) groups is 1.